The highest BCUT2D eigenvalue weighted by Gasteiger charge is 2.03. The lowest BCUT2D eigenvalue weighted by Gasteiger charge is -2.04. The fourth-order valence-electron chi connectivity index (χ4n) is 1.14. The first-order chi connectivity index (χ1) is 7.65. The van der Waals surface area contributed by atoms with Gasteiger partial charge in [0, 0.05) is 21.3 Å². The van der Waals surface area contributed by atoms with E-state index in [1.807, 2.05) is 30.3 Å². The summed E-state index contributed by atoms with van der Waals surface area (Å²) in [6.45, 7) is 0. The second-order valence-electron chi connectivity index (χ2n) is 3.11. The molecule has 82 valence electrons. The van der Waals surface area contributed by atoms with Crippen molar-refractivity contribution in [1.29, 1.82) is 0 Å². The smallest absolute Gasteiger partial charge is 0.101 e. The molecule has 1 heterocycles. The minimum absolute atomic E-state index is 0.640. The first-order valence-corrected chi connectivity index (χ1v) is 6.48. The molecule has 2 aromatic rings. The van der Waals surface area contributed by atoms with E-state index in [0.29, 0.717) is 5.02 Å². The lowest BCUT2D eigenvalue weighted by molar-refractivity contribution is 1.13. The largest absolute Gasteiger partial charge is 0.399 e. The van der Waals surface area contributed by atoms with Crippen LogP contribution in [0.3, 0.4) is 0 Å². The number of aromatic nitrogens is 1. The molecule has 0 saturated carbocycles. The monoisotopic (exact) mass is 314 g/mol. The van der Waals surface area contributed by atoms with Gasteiger partial charge in [-0.25, -0.2) is 4.98 Å². The molecule has 0 radical (unpaired) electrons. The number of nitrogens with two attached hydrogens (primary N) is 1. The van der Waals surface area contributed by atoms with Crippen LogP contribution in [0.2, 0.25) is 5.02 Å². The van der Waals surface area contributed by atoms with Gasteiger partial charge in [0.25, 0.3) is 0 Å². The maximum absolute atomic E-state index is 5.77. The molecule has 0 spiro atoms. The van der Waals surface area contributed by atoms with Crippen LogP contribution in [0.4, 0.5) is 5.69 Å². The Balaban J connectivity index is 2.23. The molecule has 0 amide bonds. The Labute approximate surface area is 111 Å². The minimum atomic E-state index is 0.640. The van der Waals surface area contributed by atoms with Crippen molar-refractivity contribution < 1.29 is 0 Å². The van der Waals surface area contributed by atoms with Crippen LogP contribution in [-0.4, -0.2) is 4.98 Å². The Kier molecular flexibility index (Phi) is 3.74. The van der Waals surface area contributed by atoms with Gasteiger partial charge < -0.3 is 5.73 Å². The maximum Gasteiger partial charge on any atom is 0.101 e. The summed E-state index contributed by atoms with van der Waals surface area (Å²) in [7, 11) is 0. The van der Waals surface area contributed by atoms with Gasteiger partial charge in [-0.05, 0) is 46.3 Å². The molecule has 5 heteroatoms. The molecule has 2 nitrogen and oxygen atoms in total. The average Bonchev–Trinajstić information content (AvgIpc) is 2.25. The zero-order valence-corrected chi connectivity index (χ0v) is 11.3. The molecule has 0 aliphatic rings. The van der Waals surface area contributed by atoms with Crippen molar-refractivity contribution in [3.05, 3.63) is 46.0 Å². The van der Waals surface area contributed by atoms with Gasteiger partial charge in [-0.3, -0.25) is 0 Å². The molecule has 2 N–H and O–H groups in total. The van der Waals surface area contributed by atoms with E-state index in [1.165, 1.54) is 0 Å². The summed E-state index contributed by atoms with van der Waals surface area (Å²) in [4.78, 5) is 5.29. The molecular formula is C11H8BrClN2S. The van der Waals surface area contributed by atoms with Gasteiger partial charge in [0.05, 0.1) is 5.02 Å². The topological polar surface area (TPSA) is 38.9 Å². The summed E-state index contributed by atoms with van der Waals surface area (Å²) in [5.74, 6) is 0. The van der Waals surface area contributed by atoms with Crippen LogP contribution in [-0.2, 0) is 0 Å². The Bertz CT molecular complexity index is 502. The summed E-state index contributed by atoms with van der Waals surface area (Å²) in [5, 5.41) is 1.54. The van der Waals surface area contributed by atoms with Crippen LogP contribution in [0.15, 0.2) is 50.9 Å². The number of anilines is 1. The predicted octanol–water partition coefficient (Wildman–Crippen LogP) is 4.23. The fraction of sp³-hybridized carbons (Fsp3) is 0. The van der Waals surface area contributed by atoms with Crippen LogP contribution in [0.1, 0.15) is 0 Å². The fourth-order valence-corrected chi connectivity index (χ4v) is 2.65. The molecule has 1 aromatic carbocycles. The van der Waals surface area contributed by atoms with Gasteiger partial charge in [0.1, 0.15) is 5.03 Å². The molecule has 2 rings (SSSR count). The van der Waals surface area contributed by atoms with Gasteiger partial charge in [-0.15, -0.1) is 0 Å². The third-order valence-corrected chi connectivity index (χ3v) is 4.04. The first-order valence-electron chi connectivity index (χ1n) is 4.49. The van der Waals surface area contributed by atoms with Gasteiger partial charge in [0.15, 0.2) is 0 Å². The number of nitrogens with zero attached hydrogens (tertiary/aromatic N) is 1. The lowest BCUT2D eigenvalue weighted by atomic mass is 10.3. The highest BCUT2D eigenvalue weighted by Crippen LogP contribution is 2.33. The number of benzene rings is 1. The average molecular weight is 316 g/mol. The Hall–Kier alpha value is -0.710. The van der Waals surface area contributed by atoms with E-state index in [4.69, 9.17) is 17.3 Å². The summed E-state index contributed by atoms with van der Waals surface area (Å²) in [5.41, 5.74) is 6.40. The predicted molar refractivity (Wildman–Crippen MR) is 71.9 cm³/mol. The van der Waals surface area contributed by atoms with Crippen molar-refractivity contribution in [2.75, 3.05) is 5.73 Å². The second-order valence-corrected chi connectivity index (χ2v) is 5.46. The molecule has 0 fully saturated rings. The van der Waals surface area contributed by atoms with E-state index >= 15 is 0 Å². The third kappa shape index (κ3) is 2.90. The number of hydrogen-bond donors (Lipinski definition) is 1. The summed E-state index contributed by atoms with van der Waals surface area (Å²) < 4.78 is 0.967. The van der Waals surface area contributed by atoms with Crippen molar-refractivity contribution in [2.24, 2.45) is 0 Å². The van der Waals surface area contributed by atoms with Gasteiger partial charge in [-0.1, -0.05) is 23.4 Å². The van der Waals surface area contributed by atoms with Crippen molar-refractivity contribution in [3.8, 4) is 0 Å². The van der Waals surface area contributed by atoms with E-state index in [9.17, 15) is 0 Å². The van der Waals surface area contributed by atoms with Crippen molar-refractivity contribution >= 4 is 45.0 Å². The quantitative estimate of drug-likeness (QED) is 0.843. The first kappa shape index (κ1) is 11.8. The molecule has 16 heavy (non-hydrogen) atoms. The summed E-state index contributed by atoms with van der Waals surface area (Å²) >= 11 is 10.8. The minimum Gasteiger partial charge on any atom is -0.399 e. The van der Waals surface area contributed by atoms with Crippen LogP contribution >= 0.6 is 39.3 Å². The Morgan fingerprint density at radius 1 is 1.25 bits per heavy atom. The zero-order chi connectivity index (χ0) is 11.5. The van der Waals surface area contributed by atoms with Gasteiger partial charge in [0.2, 0.25) is 0 Å². The molecule has 0 bridgehead atoms. The third-order valence-electron chi connectivity index (χ3n) is 1.87. The van der Waals surface area contributed by atoms with E-state index in [-0.39, 0.29) is 0 Å². The summed E-state index contributed by atoms with van der Waals surface area (Å²) in [6.07, 6.45) is 1.63. The maximum atomic E-state index is 5.77. The molecule has 0 saturated heterocycles. The Morgan fingerprint density at radius 2 is 2.06 bits per heavy atom. The van der Waals surface area contributed by atoms with Crippen molar-refractivity contribution in [3.63, 3.8) is 0 Å². The standard InChI is InChI=1S/C11H8BrClN2S/c12-9-5-8(14)2-3-10(9)16-11-4-1-7(13)6-15-11/h1-6H,14H2. The van der Waals surface area contributed by atoms with Gasteiger partial charge in [-0.2, -0.15) is 0 Å². The van der Waals surface area contributed by atoms with Crippen LogP contribution in [0.25, 0.3) is 0 Å². The molecule has 0 unspecified atom stereocenters. The zero-order valence-electron chi connectivity index (χ0n) is 8.15. The normalized spacial score (nSPS) is 10.4. The number of halogens is 2. The lowest BCUT2D eigenvalue weighted by Crippen LogP contribution is -1.85. The van der Waals surface area contributed by atoms with Crippen molar-refractivity contribution in [1.82, 2.24) is 4.98 Å². The van der Waals surface area contributed by atoms with E-state index < -0.39 is 0 Å². The van der Waals surface area contributed by atoms with E-state index in [2.05, 4.69) is 20.9 Å². The van der Waals surface area contributed by atoms with Crippen LogP contribution in [0.5, 0.6) is 0 Å². The number of nitrogen functional groups attached to an aromatic ring is 1. The highest BCUT2D eigenvalue weighted by atomic mass is 79.9. The van der Waals surface area contributed by atoms with Crippen LogP contribution in [0, 0.1) is 0 Å². The molecule has 1 aromatic heterocycles. The van der Waals surface area contributed by atoms with Crippen LogP contribution < -0.4 is 5.73 Å². The second kappa shape index (κ2) is 5.08. The van der Waals surface area contributed by atoms with Crippen molar-refractivity contribution in [2.45, 2.75) is 9.92 Å². The molecule has 0 aliphatic heterocycles. The number of pyridine rings is 1. The number of rotatable bonds is 2. The number of hydrogen-bond acceptors (Lipinski definition) is 3. The Morgan fingerprint density at radius 3 is 2.69 bits per heavy atom. The molecule has 0 aliphatic carbocycles. The summed E-state index contributed by atoms with van der Waals surface area (Å²) in [6, 6.07) is 9.40. The molecule has 0 atom stereocenters. The van der Waals surface area contributed by atoms with E-state index in [1.54, 1.807) is 18.0 Å². The highest BCUT2D eigenvalue weighted by molar-refractivity contribution is 9.10. The molecular weight excluding hydrogens is 308 g/mol. The van der Waals surface area contributed by atoms with E-state index in [0.717, 1.165) is 20.1 Å². The van der Waals surface area contributed by atoms with Gasteiger partial charge >= 0.3 is 0 Å². The SMILES string of the molecule is Nc1ccc(Sc2ccc(Cl)cn2)c(Br)c1.